The van der Waals surface area contributed by atoms with E-state index in [0.29, 0.717) is 6.61 Å². The van der Waals surface area contributed by atoms with Crippen LogP contribution in [0.1, 0.15) is 11.1 Å². The second-order valence-electron chi connectivity index (χ2n) is 4.47. The average molecular weight is 329 g/mol. The lowest BCUT2D eigenvalue weighted by molar-refractivity contribution is 0.363. The van der Waals surface area contributed by atoms with Crippen LogP contribution in [0.15, 0.2) is 67.3 Å². The first kappa shape index (κ1) is 16.7. The highest BCUT2D eigenvalue weighted by Crippen LogP contribution is 2.36. The van der Waals surface area contributed by atoms with Crippen LogP contribution in [0, 0.1) is 0 Å². The van der Waals surface area contributed by atoms with Crippen molar-refractivity contribution in [2.24, 2.45) is 0 Å². The molecule has 0 amide bonds. The molecule has 0 aliphatic carbocycles. The maximum absolute atomic E-state index is 5.52. The van der Waals surface area contributed by atoms with Crippen molar-refractivity contribution in [1.29, 1.82) is 0 Å². The first-order valence-electron chi connectivity index (χ1n) is 6.92. The van der Waals surface area contributed by atoms with Crippen LogP contribution >= 0.6 is 24.6 Å². The van der Waals surface area contributed by atoms with Crippen LogP contribution in [0.25, 0.3) is 9.81 Å². The van der Waals surface area contributed by atoms with Crippen molar-refractivity contribution in [3.8, 4) is 5.75 Å². The number of benzene rings is 2. The second kappa shape index (κ2) is 8.73. The Balaban J connectivity index is 2.33. The first-order chi connectivity index (χ1) is 10.8. The van der Waals surface area contributed by atoms with Crippen molar-refractivity contribution in [3.05, 3.63) is 78.4 Å². The van der Waals surface area contributed by atoms with Gasteiger partial charge in [-0.3, -0.25) is 4.72 Å². The monoisotopic (exact) mass is 329 g/mol. The Morgan fingerprint density at radius 1 is 1.14 bits per heavy atom. The number of rotatable bonds is 7. The molecule has 0 unspecified atom stereocenters. The van der Waals surface area contributed by atoms with Gasteiger partial charge in [-0.25, -0.2) is 0 Å². The minimum Gasteiger partial charge on any atom is -0.490 e. The molecule has 0 aliphatic rings. The summed E-state index contributed by atoms with van der Waals surface area (Å²) >= 11 is 6.27. The summed E-state index contributed by atoms with van der Waals surface area (Å²) in [5, 5.41) is 0. The maximum Gasteiger partial charge on any atom is 0.119 e. The van der Waals surface area contributed by atoms with Gasteiger partial charge in [0.05, 0.1) is 0 Å². The van der Waals surface area contributed by atoms with Crippen LogP contribution in [-0.4, -0.2) is 13.7 Å². The fourth-order valence-electron chi connectivity index (χ4n) is 1.93. The van der Waals surface area contributed by atoms with Crippen LogP contribution < -0.4 is 9.46 Å². The van der Waals surface area contributed by atoms with Gasteiger partial charge >= 0.3 is 0 Å². The third-order valence-electron chi connectivity index (χ3n) is 2.95. The van der Waals surface area contributed by atoms with E-state index in [0.717, 1.165) is 26.7 Å². The van der Waals surface area contributed by atoms with Gasteiger partial charge in [0, 0.05) is 9.81 Å². The lowest BCUT2D eigenvalue weighted by Crippen LogP contribution is -1.96. The molecule has 2 aromatic carbocycles. The van der Waals surface area contributed by atoms with Gasteiger partial charge in [-0.1, -0.05) is 55.1 Å². The van der Waals surface area contributed by atoms with Gasteiger partial charge in [0.15, 0.2) is 0 Å². The van der Waals surface area contributed by atoms with E-state index in [1.165, 1.54) is 0 Å². The third-order valence-corrected chi connectivity index (χ3v) is 4.43. The highest BCUT2D eigenvalue weighted by atomic mass is 32.2. The Bertz CT molecular complexity index is 636. The molecule has 114 valence electrons. The number of thiol groups is 1. The molecule has 0 atom stereocenters. The van der Waals surface area contributed by atoms with Gasteiger partial charge in [-0.2, -0.15) is 0 Å². The Kier molecular flexibility index (Phi) is 6.65. The van der Waals surface area contributed by atoms with Crippen molar-refractivity contribution >= 4 is 34.4 Å². The van der Waals surface area contributed by atoms with Gasteiger partial charge in [-0.15, -0.1) is 12.6 Å². The third kappa shape index (κ3) is 4.44. The summed E-state index contributed by atoms with van der Waals surface area (Å²) in [5.41, 5.74) is 2.19. The maximum atomic E-state index is 5.52. The Morgan fingerprint density at radius 2 is 1.82 bits per heavy atom. The summed E-state index contributed by atoms with van der Waals surface area (Å²) in [7, 11) is 1.90. The highest BCUT2D eigenvalue weighted by molar-refractivity contribution is 8.08. The summed E-state index contributed by atoms with van der Waals surface area (Å²) < 4.78 is 8.65. The fourth-order valence-corrected chi connectivity index (χ4v) is 3.02. The van der Waals surface area contributed by atoms with Crippen molar-refractivity contribution in [2.75, 3.05) is 13.7 Å². The van der Waals surface area contributed by atoms with E-state index in [-0.39, 0.29) is 0 Å². The Labute approximate surface area is 141 Å². The standard InChI is InChI=1S/C18H19NOS2/c1-3-13-20-16-11-9-15(10-12-16)18(22-19-2)17(21)14-7-5-4-6-8-14/h3-12,19,21H,1,13H2,2H3/b18-17-. The molecule has 0 fully saturated rings. The molecule has 0 saturated heterocycles. The quantitative estimate of drug-likeness (QED) is 0.327. The summed E-state index contributed by atoms with van der Waals surface area (Å²) in [5.74, 6) is 0.831. The highest BCUT2D eigenvalue weighted by Gasteiger charge is 2.09. The molecule has 0 aromatic heterocycles. The lowest BCUT2D eigenvalue weighted by atomic mass is 10.1. The molecule has 0 aliphatic heterocycles. The zero-order valence-corrected chi connectivity index (χ0v) is 14.2. The lowest BCUT2D eigenvalue weighted by Gasteiger charge is -2.12. The Hall–Kier alpha value is -1.62. The fraction of sp³-hybridized carbons (Fsp3) is 0.111. The number of ether oxygens (including phenoxy) is 1. The molecule has 1 N–H and O–H groups in total. The molecule has 22 heavy (non-hydrogen) atoms. The zero-order chi connectivity index (χ0) is 15.8. The Morgan fingerprint density at radius 3 is 2.41 bits per heavy atom. The molecule has 0 bridgehead atoms. The molecule has 2 nitrogen and oxygen atoms in total. The van der Waals surface area contributed by atoms with E-state index < -0.39 is 0 Å². The summed E-state index contributed by atoms with van der Waals surface area (Å²) in [6.45, 7) is 4.16. The van der Waals surface area contributed by atoms with E-state index in [1.54, 1.807) is 18.0 Å². The minimum absolute atomic E-state index is 0.509. The molecule has 2 aromatic rings. The smallest absolute Gasteiger partial charge is 0.119 e. The summed E-state index contributed by atoms with van der Waals surface area (Å²) in [4.78, 5) is 2.02. The SMILES string of the molecule is C=CCOc1ccc(/C(SNC)=C(/S)c2ccccc2)cc1. The molecule has 0 heterocycles. The molecular formula is C18H19NOS2. The van der Waals surface area contributed by atoms with E-state index >= 15 is 0 Å². The van der Waals surface area contributed by atoms with Crippen LogP contribution in [0.2, 0.25) is 0 Å². The van der Waals surface area contributed by atoms with Gasteiger partial charge < -0.3 is 4.74 Å². The van der Waals surface area contributed by atoms with Crippen LogP contribution in [-0.2, 0) is 0 Å². The number of hydrogen-bond acceptors (Lipinski definition) is 4. The van der Waals surface area contributed by atoms with E-state index in [2.05, 4.69) is 23.4 Å². The summed E-state index contributed by atoms with van der Waals surface area (Å²) in [6.07, 6.45) is 1.73. The normalized spacial score (nSPS) is 11.7. The molecule has 0 radical (unpaired) electrons. The number of hydrogen-bond donors (Lipinski definition) is 2. The largest absolute Gasteiger partial charge is 0.490 e. The number of nitrogens with one attached hydrogen (secondary N) is 1. The van der Waals surface area contributed by atoms with Crippen molar-refractivity contribution < 1.29 is 4.74 Å². The van der Waals surface area contributed by atoms with E-state index in [1.807, 2.05) is 49.5 Å². The van der Waals surface area contributed by atoms with Crippen molar-refractivity contribution in [2.45, 2.75) is 0 Å². The van der Waals surface area contributed by atoms with Crippen LogP contribution in [0.5, 0.6) is 5.75 Å². The van der Waals surface area contributed by atoms with Crippen LogP contribution in [0.4, 0.5) is 0 Å². The molecule has 0 spiro atoms. The zero-order valence-electron chi connectivity index (χ0n) is 12.5. The second-order valence-corrected chi connectivity index (χ2v) is 5.94. The van der Waals surface area contributed by atoms with Gasteiger partial charge in [0.2, 0.25) is 0 Å². The van der Waals surface area contributed by atoms with Crippen molar-refractivity contribution in [3.63, 3.8) is 0 Å². The molecule has 2 rings (SSSR count). The topological polar surface area (TPSA) is 21.3 Å². The predicted molar refractivity (Wildman–Crippen MR) is 101 cm³/mol. The predicted octanol–water partition coefficient (Wildman–Crippen LogP) is 4.87. The average Bonchev–Trinajstić information content (AvgIpc) is 2.58. The van der Waals surface area contributed by atoms with Gasteiger partial charge in [0.25, 0.3) is 0 Å². The molecular weight excluding hydrogens is 310 g/mol. The van der Waals surface area contributed by atoms with Gasteiger partial charge in [-0.05, 0) is 42.3 Å². The minimum atomic E-state index is 0.509. The van der Waals surface area contributed by atoms with E-state index in [9.17, 15) is 0 Å². The van der Waals surface area contributed by atoms with Gasteiger partial charge in [0.1, 0.15) is 12.4 Å². The molecule has 0 saturated carbocycles. The summed E-state index contributed by atoms with van der Waals surface area (Å²) in [6, 6.07) is 18.1. The van der Waals surface area contributed by atoms with Crippen LogP contribution in [0.3, 0.4) is 0 Å². The van der Waals surface area contributed by atoms with E-state index in [4.69, 9.17) is 17.4 Å². The molecule has 4 heteroatoms. The van der Waals surface area contributed by atoms with Crippen molar-refractivity contribution in [1.82, 2.24) is 4.72 Å². The first-order valence-corrected chi connectivity index (χ1v) is 8.19.